The Balaban J connectivity index is 1.39. The molecule has 0 bridgehead atoms. The fraction of sp³-hybridized carbons (Fsp3) is 0.579. The van der Waals surface area contributed by atoms with Gasteiger partial charge in [0.05, 0.1) is 12.1 Å². The fourth-order valence-electron chi connectivity index (χ4n) is 4.94. The zero-order chi connectivity index (χ0) is 16.5. The summed E-state index contributed by atoms with van der Waals surface area (Å²) in [5.41, 5.74) is 2.28. The lowest BCUT2D eigenvalue weighted by Crippen LogP contribution is -2.33. The van der Waals surface area contributed by atoms with Crippen LogP contribution in [0.2, 0.25) is 5.02 Å². The van der Waals surface area contributed by atoms with Gasteiger partial charge in [0.15, 0.2) is 0 Å². The normalized spacial score (nSPS) is 33.8. The molecule has 2 aliphatic carbocycles. The van der Waals surface area contributed by atoms with Gasteiger partial charge in [0, 0.05) is 30.2 Å². The minimum Gasteiger partial charge on any atom is -0.385 e. The van der Waals surface area contributed by atoms with E-state index < -0.39 is 5.60 Å². The largest absolute Gasteiger partial charge is 0.385 e. The SMILES string of the molecule is O=C(C1CC1)N1C[C@@H]2CC(O)(c3cc(Cl)cc4c3CN=C4)C[C@@H]2C1. The number of hydrogen-bond acceptors (Lipinski definition) is 3. The van der Waals surface area contributed by atoms with Crippen molar-refractivity contribution < 1.29 is 9.90 Å². The van der Waals surface area contributed by atoms with E-state index in [-0.39, 0.29) is 5.92 Å². The van der Waals surface area contributed by atoms with Crippen LogP contribution in [0.15, 0.2) is 17.1 Å². The third-order valence-corrected chi connectivity index (χ3v) is 6.46. The van der Waals surface area contributed by atoms with E-state index in [9.17, 15) is 9.90 Å². The molecule has 4 aliphatic rings. The number of fused-ring (bicyclic) bond motifs is 2. The summed E-state index contributed by atoms with van der Waals surface area (Å²) in [5, 5.41) is 12.0. The Kier molecular flexibility index (Phi) is 3.14. The molecule has 5 rings (SSSR count). The van der Waals surface area contributed by atoms with E-state index in [1.807, 2.05) is 23.2 Å². The summed E-state index contributed by atoms with van der Waals surface area (Å²) in [7, 11) is 0. The Bertz CT molecular complexity index is 742. The molecule has 2 saturated carbocycles. The molecule has 126 valence electrons. The monoisotopic (exact) mass is 344 g/mol. The highest BCUT2D eigenvalue weighted by Gasteiger charge is 2.51. The van der Waals surface area contributed by atoms with Gasteiger partial charge in [0.2, 0.25) is 5.91 Å². The predicted molar refractivity (Wildman–Crippen MR) is 92.2 cm³/mol. The second kappa shape index (κ2) is 5.06. The van der Waals surface area contributed by atoms with Crippen LogP contribution in [-0.2, 0) is 16.9 Å². The van der Waals surface area contributed by atoms with Gasteiger partial charge >= 0.3 is 0 Å². The van der Waals surface area contributed by atoms with E-state index in [0.717, 1.165) is 55.5 Å². The molecule has 2 heterocycles. The molecular formula is C19H21ClN2O2. The highest BCUT2D eigenvalue weighted by molar-refractivity contribution is 6.31. The summed E-state index contributed by atoms with van der Waals surface area (Å²) >= 11 is 6.27. The van der Waals surface area contributed by atoms with E-state index in [1.54, 1.807) is 0 Å². The number of nitrogens with zero attached hydrogens (tertiary/aromatic N) is 2. The molecule has 2 aliphatic heterocycles. The lowest BCUT2D eigenvalue weighted by Gasteiger charge is -2.28. The first-order valence-electron chi connectivity index (χ1n) is 8.87. The summed E-state index contributed by atoms with van der Waals surface area (Å²) in [6.07, 6.45) is 5.41. The van der Waals surface area contributed by atoms with Gasteiger partial charge in [-0.15, -0.1) is 0 Å². The minimum absolute atomic E-state index is 0.288. The van der Waals surface area contributed by atoms with Crippen LogP contribution in [0.4, 0.5) is 0 Å². The summed E-state index contributed by atoms with van der Waals surface area (Å²) in [4.78, 5) is 18.7. The Hall–Kier alpha value is -1.39. The Morgan fingerprint density at radius 3 is 2.62 bits per heavy atom. The number of aliphatic hydroxyl groups is 1. The maximum absolute atomic E-state index is 12.3. The topological polar surface area (TPSA) is 52.9 Å². The van der Waals surface area contributed by atoms with Crippen molar-refractivity contribution in [2.45, 2.75) is 37.8 Å². The van der Waals surface area contributed by atoms with Gasteiger partial charge in [-0.05, 0) is 66.3 Å². The Morgan fingerprint density at radius 1 is 1.25 bits per heavy atom. The zero-order valence-corrected chi connectivity index (χ0v) is 14.3. The molecule has 0 aromatic heterocycles. The van der Waals surface area contributed by atoms with Crippen LogP contribution < -0.4 is 0 Å². The molecule has 0 spiro atoms. The van der Waals surface area contributed by atoms with E-state index >= 15 is 0 Å². The number of likely N-dealkylation sites (tertiary alicyclic amines) is 1. The van der Waals surface area contributed by atoms with Crippen molar-refractivity contribution >= 4 is 23.7 Å². The number of rotatable bonds is 2. The third kappa shape index (κ3) is 2.23. The van der Waals surface area contributed by atoms with Gasteiger partial charge in [-0.1, -0.05) is 11.6 Å². The molecule has 1 unspecified atom stereocenters. The van der Waals surface area contributed by atoms with Crippen LogP contribution in [0, 0.1) is 17.8 Å². The average molecular weight is 345 g/mol. The zero-order valence-electron chi connectivity index (χ0n) is 13.5. The quantitative estimate of drug-likeness (QED) is 0.896. The lowest BCUT2D eigenvalue weighted by atomic mass is 9.85. The van der Waals surface area contributed by atoms with Crippen molar-refractivity contribution in [1.29, 1.82) is 0 Å². The third-order valence-electron chi connectivity index (χ3n) is 6.24. The van der Waals surface area contributed by atoms with Crippen LogP contribution in [0.5, 0.6) is 0 Å². The highest BCUT2D eigenvalue weighted by Crippen LogP contribution is 2.51. The molecule has 3 fully saturated rings. The van der Waals surface area contributed by atoms with E-state index in [1.165, 1.54) is 0 Å². The van der Waals surface area contributed by atoms with Crippen molar-refractivity contribution in [1.82, 2.24) is 4.90 Å². The molecule has 24 heavy (non-hydrogen) atoms. The van der Waals surface area contributed by atoms with Crippen molar-refractivity contribution in [3.05, 3.63) is 33.8 Å². The van der Waals surface area contributed by atoms with Gasteiger partial charge in [-0.3, -0.25) is 9.79 Å². The minimum atomic E-state index is -0.827. The second-order valence-electron chi connectivity index (χ2n) is 7.97. The molecule has 3 atom stereocenters. The Morgan fingerprint density at radius 2 is 1.96 bits per heavy atom. The molecule has 5 heteroatoms. The molecule has 1 amide bonds. The first kappa shape index (κ1) is 14.9. The first-order chi connectivity index (χ1) is 11.5. The number of halogens is 1. The van der Waals surface area contributed by atoms with E-state index in [2.05, 4.69) is 4.99 Å². The average Bonchev–Trinajstić information content (AvgIpc) is 3.03. The van der Waals surface area contributed by atoms with E-state index in [4.69, 9.17) is 11.6 Å². The fourth-order valence-corrected chi connectivity index (χ4v) is 5.17. The van der Waals surface area contributed by atoms with Crippen LogP contribution in [-0.4, -0.2) is 35.2 Å². The Labute approximate surface area is 146 Å². The molecule has 4 nitrogen and oxygen atoms in total. The maximum atomic E-state index is 12.3. The number of carbonyl (C=O) groups excluding carboxylic acids is 1. The molecule has 0 radical (unpaired) electrons. The summed E-state index contributed by atoms with van der Waals surface area (Å²) < 4.78 is 0. The van der Waals surface area contributed by atoms with Crippen LogP contribution in [0.25, 0.3) is 0 Å². The first-order valence-corrected chi connectivity index (χ1v) is 9.25. The molecule has 1 aromatic carbocycles. The van der Waals surface area contributed by atoms with Gasteiger partial charge < -0.3 is 10.0 Å². The molecule has 1 saturated heterocycles. The standard InChI is InChI=1S/C19H21ClN2O2/c20-15-3-12-7-21-8-16(12)17(4-15)19(24)5-13-9-22(10-14(13)6-19)18(23)11-1-2-11/h3-4,7,11,13-14,24H,1-2,5-6,8-10H2/t13-,14+,19?. The summed E-state index contributed by atoms with van der Waals surface area (Å²) in [6.45, 7) is 2.24. The smallest absolute Gasteiger partial charge is 0.225 e. The predicted octanol–water partition coefficient (Wildman–Crippen LogP) is 2.74. The van der Waals surface area contributed by atoms with Crippen molar-refractivity contribution in [3.63, 3.8) is 0 Å². The number of amides is 1. The number of aliphatic imine (C=N–C) groups is 1. The highest BCUT2D eigenvalue weighted by atomic mass is 35.5. The van der Waals surface area contributed by atoms with Crippen molar-refractivity contribution in [2.75, 3.05) is 13.1 Å². The van der Waals surface area contributed by atoms with Crippen LogP contribution in [0.3, 0.4) is 0 Å². The van der Waals surface area contributed by atoms with Gasteiger partial charge in [-0.25, -0.2) is 0 Å². The molecular weight excluding hydrogens is 324 g/mol. The second-order valence-corrected chi connectivity index (χ2v) is 8.40. The number of hydrogen-bond donors (Lipinski definition) is 1. The van der Waals surface area contributed by atoms with Crippen molar-refractivity contribution in [3.8, 4) is 0 Å². The maximum Gasteiger partial charge on any atom is 0.225 e. The molecule has 1 N–H and O–H groups in total. The molecule has 1 aromatic rings. The lowest BCUT2D eigenvalue weighted by molar-refractivity contribution is -0.132. The van der Waals surface area contributed by atoms with Gasteiger partial charge in [0.25, 0.3) is 0 Å². The van der Waals surface area contributed by atoms with Crippen molar-refractivity contribution in [2.24, 2.45) is 22.7 Å². The summed E-state index contributed by atoms with van der Waals surface area (Å²) in [5.74, 6) is 1.42. The van der Waals surface area contributed by atoms with Gasteiger partial charge in [-0.2, -0.15) is 0 Å². The van der Waals surface area contributed by atoms with Crippen LogP contribution >= 0.6 is 11.6 Å². The van der Waals surface area contributed by atoms with Gasteiger partial charge in [0.1, 0.15) is 0 Å². The van der Waals surface area contributed by atoms with E-state index in [0.29, 0.717) is 29.3 Å². The number of carbonyl (C=O) groups is 1. The summed E-state index contributed by atoms with van der Waals surface area (Å²) in [6, 6.07) is 3.84. The van der Waals surface area contributed by atoms with Crippen LogP contribution in [0.1, 0.15) is 42.4 Å². The number of benzene rings is 1.